The van der Waals surface area contributed by atoms with Crippen molar-refractivity contribution in [3.05, 3.63) is 0 Å². The molecule has 2 rings (SSSR count). The van der Waals surface area contributed by atoms with E-state index < -0.39 is 83.0 Å². The van der Waals surface area contributed by atoms with Gasteiger partial charge in [-0.2, -0.15) is 0 Å². The van der Waals surface area contributed by atoms with E-state index in [0.29, 0.717) is 6.42 Å². The molecule has 0 aromatic rings. The smallest absolute Gasteiger partial charge is 0.407 e. The van der Waals surface area contributed by atoms with Crippen molar-refractivity contribution in [2.75, 3.05) is 20.2 Å². The number of Topliss-reactive ketones (excluding diaryl/α,β-unsaturated/α-hetero) is 1. The molecule has 1 aliphatic heterocycles. The number of ether oxygens (including phenoxy) is 1. The van der Waals surface area contributed by atoms with Gasteiger partial charge in [0.2, 0.25) is 29.4 Å². The molecule has 0 aromatic heterocycles. The van der Waals surface area contributed by atoms with Crippen molar-refractivity contribution in [2.45, 2.75) is 118 Å². The number of rotatable bonds is 13. The van der Waals surface area contributed by atoms with E-state index in [1.165, 1.54) is 12.0 Å². The molecule has 14 nitrogen and oxygen atoms in total. The summed E-state index contributed by atoms with van der Waals surface area (Å²) in [6.45, 7) is 16.0. The van der Waals surface area contributed by atoms with Crippen molar-refractivity contribution in [2.24, 2.45) is 22.7 Å². The Kier molecular flexibility index (Phi) is 13.2. The van der Waals surface area contributed by atoms with Gasteiger partial charge in [-0.15, -0.1) is 0 Å². The van der Waals surface area contributed by atoms with E-state index in [4.69, 9.17) is 0 Å². The molecule has 1 saturated carbocycles. The molecule has 0 spiro atoms. The standard InChI is InChI=1S/C32H54N6O8/c1-11-12-20(23(40)27(42)34-19-13-14-19)35-26(41)22-18(3)17(2)16-38(22)29(44)25(32(7,8)9)36-21(39)15-33-28(43)24(31(4,5)6)37-30(45)46-10/h17-20,22,24-25H,11-16H2,1-10H3,(H,33,43)(H,34,42)(H,35,41)(H,36,39)(H,37,45)/t17-,18-,20-,22-,24-,25+/m0/s1. The summed E-state index contributed by atoms with van der Waals surface area (Å²) < 4.78 is 4.61. The van der Waals surface area contributed by atoms with E-state index in [1.807, 2.05) is 20.8 Å². The fraction of sp³-hybridized carbons (Fsp3) is 0.781. The molecule has 2 aliphatic rings. The quantitative estimate of drug-likeness (QED) is 0.182. The van der Waals surface area contributed by atoms with E-state index in [2.05, 4.69) is 31.3 Å². The van der Waals surface area contributed by atoms with Crippen LogP contribution in [0.1, 0.15) is 88.0 Å². The van der Waals surface area contributed by atoms with Gasteiger partial charge in [0, 0.05) is 12.6 Å². The lowest BCUT2D eigenvalue weighted by Crippen LogP contribution is -2.61. The first-order chi connectivity index (χ1) is 21.2. The van der Waals surface area contributed by atoms with Gasteiger partial charge < -0.3 is 36.2 Å². The normalized spacial score (nSPS) is 21.7. The predicted octanol–water partition coefficient (Wildman–Crippen LogP) is 1.02. The van der Waals surface area contributed by atoms with Gasteiger partial charge in [-0.05, 0) is 41.9 Å². The zero-order valence-electron chi connectivity index (χ0n) is 29.0. The zero-order chi connectivity index (χ0) is 35.1. The van der Waals surface area contributed by atoms with Gasteiger partial charge >= 0.3 is 6.09 Å². The van der Waals surface area contributed by atoms with Crippen LogP contribution in [0, 0.1) is 22.7 Å². The first-order valence-electron chi connectivity index (χ1n) is 16.1. The van der Waals surface area contributed by atoms with Crippen LogP contribution >= 0.6 is 0 Å². The molecule has 2 fully saturated rings. The van der Waals surface area contributed by atoms with Crippen molar-refractivity contribution < 1.29 is 38.3 Å². The van der Waals surface area contributed by atoms with Crippen molar-refractivity contribution in [3.63, 3.8) is 0 Å². The SMILES string of the molecule is CCC[C@H](NC(=O)[C@@H]1[C@@H](C)[C@@H](C)CN1C(=O)[C@@H](NC(=O)CNC(=O)[C@H](NC(=O)OC)C(C)(C)C)C(C)(C)C)C(=O)C(=O)NC1CC1. The van der Waals surface area contributed by atoms with Crippen molar-refractivity contribution in [3.8, 4) is 0 Å². The van der Waals surface area contributed by atoms with Gasteiger partial charge in [0.1, 0.15) is 18.1 Å². The summed E-state index contributed by atoms with van der Waals surface area (Å²) in [4.78, 5) is 92.5. The van der Waals surface area contributed by atoms with Gasteiger partial charge in [-0.25, -0.2) is 4.79 Å². The highest BCUT2D eigenvalue weighted by molar-refractivity contribution is 6.38. The molecule has 14 heteroatoms. The summed E-state index contributed by atoms with van der Waals surface area (Å²) in [6, 6.07) is -4.02. The third-order valence-corrected chi connectivity index (χ3v) is 8.53. The number of alkyl carbamates (subject to hydrolysis) is 1. The largest absolute Gasteiger partial charge is 0.453 e. The number of nitrogens with one attached hydrogen (secondary N) is 5. The highest BCUT2D eigenvalue weighted by atomic mass is 16.5. The van der Waals surface area contributed by atoms with Crippen LogP contribution in [0.15, 0.2) is 0 Å². The molecule has 1 heterocycles. The lowest BCUT2D eigenvalue weighted by Gasteiger charge is -2.36. The number of likely N-dealkylation sites (tertiary alicyclic amines) is 1. The Morgan fingerprint density at radius 3 is 1.96 bits per heavy atom. The van der Waals surface area contributed by atoms with E-state index in [9.17, 15) is 33.6 Å². The van der Waals surface area contributed by atoms with Gasteiger partial charge in [-0.1, -0.05) is 68.7 Å². The maximum Gasteiger partial charge on any atom is 0.407 e. The molecule has 5 N–H and O–H groups in total. The van der Waals surface area contributed by atoms with Gasteiger partial charge in [-0.3, -0.25) is 28.8 Å². The Morgan fingerprint density at radius 1 is 0.870 bits per heavy atom. The van der Waals surface area contributed by atoms with Crippen LogP contribution in [0.5, 0.6) is 0 Å². The number of carbonyl (C=O) groups excluding carboxylic acids is 7. The molecule has 1 aliphatic carbocycles. The zero-order valence-corrected chi connectivity index (χ0v) is 29.0. The second-order valence-corrected chi connectivity index (χ2v) is 14.8. The van der Waals surface area contributed by atoms with Gasteiger partial charge in [0.25, 0.3) is 5.91 Å². The molecular formula is C32H54N6O8. The highest BCUT2D eigenvalue weighted by Gasteiger charge is 2.48. The second kappa shape index (κ2) is 15.7. The van der Waals surface area contributed by atoms with E-state index in [0.717, 1.165) is 12.8 Å². The Labute approximate surface area is 272 Å². The summed E-state index contributed by atoms with van der Waals surface area (Å²) in [5.74, 6) is -4.02. The average molecular weight is 651 g/mol. The lowest BCUT2D eigenvalue weighted by molar-refractivity contribution is -0.145. The molecule has 0 aromatic carbocycles. The molecule has 0 bridgehead atoms. The minimum absolute atomic E-state index is 0.00690. The van der Waals surface area contributed by atoms with E-state index in [-0.39, 0.29) is 30.8 Å². The fourth-order valence-electron chi connectivity index (χ4n) is 5.40. The molecule has 6 amide bonds. The molecule has 0 unspecified atom stereocenters. The Bertz CT molecular complexity index is 1170. The topological polar surface area (TPSA) is 192 Å². The van der Waals surface area contributed by atoms with Crippen LogP contribution in [0.25, 0.3) is 0 Å². The second-order valence-electron chi connectivity index (χ2n) is 14.8. The molecule has 0 radical (unpaired) electrons. The number of methoxy groups -OCH3 is 1. The third kappa shape index (κ3) is 10.4. The summed E-state index contributed by atoms with van der Waals surface area (Å²) in [5.41, 5.74) is -1.48. The van der Waals surface area contributed by atoms with Crippen LogP contribution in [0.3, 0.4) is 0 Å². The number of carbonyl (C=O) groups is 7. The molecule has 46 heavy (non-hydrogen) atoms. The Balaban J connectivity index is 2.19. The predicted molar refractivity (Wildman–Crippen MR) is 170 cm³/mol. The fourth-order valence-corrected chi connectivity index (χ4v) is 5.40. The van der Waals surface area contributed by atoms with Crippen LogP contribution in [-0.4, -0.2) is 96.7 Å². The van der Waals surface area contributed by atoms with Crippen molar-refractivity contribution in [1.29, 1.82) is 0 Å². The number of nitrogens with zero attached hydrogens (tertiary/aromatic N) is 1. The summed E-state index contributed by atoms with van der Waals surface area (Å²) in [5, 5.41) is 13.1. The number of hydrogen-bond donors (Lipinski definition) is 5. The summed E-state index contributed by atoms with van der Waals surface area (Å²) >= 11 is 0. The molecule has 260 valence electrons. The van der Waals surface area contributed by atoms with Crippen molar-refractivity contribution >= 4 is 41.4 Å². The Morgan fingerprint density at radius 2 is 1.46 bits per heavy atom. The van der Waals surface area contributed by atoms with Gasteiger partial charge in [0.05, 0.1) is 19.7 Å². The molecule has 1 saturated heterocycles. The maximum absolute atomic E-state index is 14.1. The lowest BCUT2D eigenvalue weighted by atomic mass is 9.85. The maximum atomic E-state index is 14.1. The van der Waals surface area contributed by atoms with Crippen molar-refractivity contribution in [1.82, 2.24) is 31.5 Å². The Hall–Kier alpha value is -3.71. The van der Waals surface area contributed by atoms with Crippen LogP contribution in [0.4, 0.5) is 4.79 Å². The van der Waals surface area contributed by atoms with E-state index in [1.54, 1.807) is 41.5 Å². The number of amides is 6. The number of ketones is 1. The third-order valence-electron chi connectivity index (χ3n) is 8.53. The summed E-state index contributed by atoms with van der Waals surface area (Å²) in [7, 11) is 1.18. The highest BCUT2D eigenvalue weighted by Crippen LogP contribution is 2.32. The molecule has 6 atom stereocenters. The minimum atomic E-state index is -1.06. The average Bonchev–Trinajstić information content (AvgIpc) is 3.72. The minimum Gasteiger partial charge on any atom is -0.453 e. The van der Waals surface area contributed by atoms with E-state index >= 15 is 0 Å². The first kappa shape index (κ1) is 38.5. The molecular weight excluding hydrogens is 596 g/mol. The first-order valence-corrected chi connectivity index (χ1v) is 16.1. The van der Waals surface area contributed by atoms with Crippen LogP contribution < -0.4 is 26.6 Å². The van der Waals surface area contributed by atoms with Crippen LogP contribution in [0.2, 0.25) is 0 Å². The van der Waals surface area contributed by atoms with Gasteiger partial charge in [0.15, 0.2) is 0 Å². The number of hydrogen-bond acceptors (Lipinski definition) is 8. The summed E-state index contributed by atoms with van der Waals surface area (Å²) in [6.07, 6.45) is 1.67. The monoisotopic (exact) mass is 650 g/mol. The van der Waals surface area contributed by atoms with Crippen LogP contribution in [-0.2, 0) is 33.5 Å².